The predicted octanol–water partition coefficient (Wildman–Crippen LogP) is 2.52. The summed E-state index contributed by atoms with van der Waals surface area (Å²) in [6.45, 7) is 0.0163. The fourth-order valence-corrected chi connectivity index (χ4v) is 3.77. The van der Waals surface area contributed by atoms with Crippen molar-refractivity contribution in [1.29, 1.82) is 0 Å². The maximum Gasteiger partial charge on any atom is 0.407 e. The number of hydrogen-bond acceptors (Lipinski definition) is 5. The standard InChI is InChI=1S/C23H26N2O6/c1-30-12-6-11-20(22(28)24-13-21(26)27)25-23(29)31-14-19-17-9-4-2-7-15(17)16-8-3-5-10-18(16)19/h2-5,7-10,19-20H,6,11-14H2,1H3,(H,24,28)(H,25,29)(H,26,27). The van der Waals surface area contributed by atoms with E-state index < -0.39 is 30.6 Å². The minimum atomic E-state index is -1.16. The number of carboxylic acid groups (broad SMARTS) is 1. The van der Waals surface area contributed by atoms with E-state index in [2.05, 4.69) is 10.6 Å². The number of methoxy groups -OCH3 is 1. The molecule has 0 bridgehead atoms. The van der Waals surface area contributed by atoms with E-state index in [1.54, 1.807) is 7.11 Å². The molecule has 0 fully saturated rings. The van der Waals surface area contributed by atoms with Crippen molar-refractivity contribution in [3.05, 3.63) is 59.7 Å². The highest BCUT2D eigenvalue weighted by Crippen LogP contribution is 2.44. The van der Waals surface area contributed by atoms with Gasteiger partial charge in [0, 0.05) is 19.6 Å². The fourth-order valence-electron chi connectivity index (χ4n) is 3.77. The Balaban J connectivity index is 1.63. The van der Waals surface area contributed by atoms with E-state index in [0.717, 1.165) is 22.3 Å². The quantitative estimate of drug-likeness (QED) is 0.503. The van der Waals surface area contributed by atoms with Crippen molar-refractivity contribution in [1.82, 2.24) is 10.6 Å². The average Bonchev–Trinajstić information content (AvgIpc) is 3.09. The lowest BCUT2D eigenvalue weighted by atomic mass is 9.98. The number of carbonyl (C=O) groups is 3. The second-order valence-corrected chi connectivity index (χ2v) is 7.27. The molecule has 1 unspecified atom stereocenters. The molecular formula is C23H26N2O6. The molecule has 0 saturated carbocycles. The summed E-state index contributed by atoms with van der Waals surface area (Å²) in [4.78, 5) is 35.4. The van der Waals surface area contributed by atoms with Crippen LogP contribution in [0.4, 0.5) is 4.79 Å². The molecule has 2 aromatic rings. The Bertz CT molecular complexity index is 900. The lowest BCUT2D eigenvalue weighted by Gasteiger charge is -2.19. The van der Waals surface area contributed by atoms with Crippen LogP contribution in [0.25, 0.3) is 11.1 Å². The summed E-state index contributed by atoms with van der Waals surface area (Å²) in [6, 6.07) is 15.1. The maximum atomic E-state index is 12.4. The van der Waals surface area contributed by atoms with Crippen LogP contribution in [0.3, 0.4) is 0 Å². The number of carbonyl (C=O) groups excluding carboxylic acids is 2. The number of rotatable bonds is 10. The lowest BCUT2D eigenvalue weighted by Crippen LogP contribution is -2.48. The molecule has 0 aliphatic heterocycles. The van der Waals surface area contributed by atoms with Gasteiger partial charge in [-0.25, -0.2) is 4.79 Å². The fraction of sp³-hybridized carbons (Fsp3) is 0.348. The number of aliphatic carboxylic acids is 1. The number of alkyl carbamates (subject to hydrolysis) is 1. The summed E-state index contributed by atoms with van der Waals surface area (Å²) in [5.74, 6) is -1.83. The summed E-state index contributed by atoms with van der Waals surface area (Å²) in [5, 5.41) is 13.6. The Labute approximate surface area is 180 Å². The second-order valence-electron chi connectivity index (χ2n) is 7.27. The van der Waals surface area contributed by atoms with E-state index in [9.17, 15) is 14.4 Å². The Morgan fingerprint density at radius 3 is 2.23 bits per heavy atom. The summed E-state index contributed by atoms with van der Waals surface area (Å²) in [6.07, 6.45) is 0.0872. The van der Waals surface area contributed by atoms with Crippen molar-refractivity contribution < 1.29 is 29.0 Å². The van der Waals surface area contributed by atoms with Crippen LogP contribution in [0.1, 0.15) is 29.9 Å². The molecule has 31 heavy (non-hydrogen) atoms. The number of hydrogen-bond donors (Lipinski definition) is 3. The van der Waals surface area contributed by atoms with Crippen LogP contribution in [-0.2, 0) is 19.1 Å². The van der Waals surface area contributed by atoms with Gasteiger partial charge in [0.25, 0.3) is 0 Å². The molecule has 2 aromatic carbocycles. The third-order valence-electron chi connectivity index (χ3n) is 5.21. The molecule has 0 heterocycles. The van der Waals surface area contributed by atoms with Gasteiger partial charge in [0.1, 0.15) is 19.2 Å². The van der Waals surface area contributed by atoms with E-state index in [1.807, 2.05) is 48.5 Å². The van der Waals surface area contributed by atoms with Gasteiger partial charge in [-0.3, -0.25) is 9.59 Å². The molecule has 8 heteroatoms. The Hall–Kier alpha value is -3.39. The summed E-state index contributed by atoms with van der Waals surface area (Å²) >= 11 is 0. The highest BCUT2D eigenvalue weighted by Gasteiger charge is 2.29. The van der Waals surface area contributed by atoms with Gasteiger partial charge in [0.15, 0.2) is 0 Å². The van der Waals surface area contributed by atoms with Crippen LogP contribution in [0.5, 0.6) is 0 Å². The SMILES string of the molecule is COCCCC(NC(=O)OCC1c2ccccc2-c2ccccc21)C(=O)NCC(=O)O. The number of benzene rings is 2. The van der Waals surface area contributed by atoms with Crippen molar-refractivity contribution in [2.75, 3.05) is 26.9 Å². The largest absolute Gasteiger partial charge is 0.480 e. The molecule has 1 atom stereocenters. The molecule has 1 aliphatic rings. The first kappa shape index (κ1) is 22.3. The maximum absolute atomic E-state index is 12.4. The predicted molar refractivity (Wildman–Crippen MR) is 114 cm³/mol. The molecule has 0 spiro atoms. The number of nitrogens with one attached hydrogen (secondary N) is 2. The zero-order valence-electron chi connectivity index (χ0n) is 17.3. The van der Waals surface area contributed by atoms with Gasteiger partial charge in [-0.15, -0.1) is 0 Å². The average molecular weight is 426 g/mol. The zero-order chi connectivity index (χ0) is 22.2. The highest BCUT2D eigenvalue weighted by atomic mass is 16.5. The first-order valence-corrected chi connectivity index (χ1v) is 10.1. The normalized spacial score (nSPS) is 13.1. The van der Waals surface area contributed by atoms with Crippen molar-refractivity contribution in [2.45, 2.75) is 24.8 Å². The molecular weight excluding hydrogens is 400 g/mol. The topological polar surface area (TPSA) is 114 Å². The number of ether oxygens (including phenoxy) is 2. The van der Waals surface area contributed by atoms with Crippen molar-refractivity contribution in [3.63, 3.8) is 0 Å². The van der Waals surface area contributed by atoms with Gasteiger partial charge in [0.2, 0.25) is 5.91 Å². The Kier molecular flexibility index (Phi) is 7.61. The van der Waals surface area contributed by atoms with Gasteiger partial charge in [-0.05, 0) is 35.1 Å². The third-order valence-corrected chi connectivity index (χ3v) is 5.21. The van der Waals surface area contributed by atoms with E-state index in [4.69, 9.17) is 14.6 Å². The van der Waals surface area contributed by atoms with E-state index in [1.165, 1.54) is 0 Å². The molecule has 2 amide bonds. The van der Waals surface area contributed by atoms with Gasteiger partial charge >= 0.3 is 12.1 Å². The monoisotopic (exact) mass is 426 g/mol. The minimum absolute atomic E-state index is 0.0917. The first-order chi connectivity index (χ1) is 15.0. The summed E-state index contributed by atoms with van der Waals surface area (Å²) in [5.41, 5.74) is 4.43. The first-order valence-electron chi connectivity index (χ1n) is 10.1. The molecule has 0 saturated heterocycles. The van der Waals surface area contributed by atoms with Crippen LogP contribution in [0.15, 0.2) is 48.5 Å². The van der Waals surface area contributed by atoms with E-state index in [-0.39, 0.29) is 12.5 Å². The lowest BCUT2D eigenvalue weighted by molar-refractivity contribution is -0.138. The Morgan fingerprint density at radius 2 is 1.65 bits per heavy atom. The van der Waals surface area contributed by atoms with Gasteiger partial charge in [-0.1, -0.05) is 48.5 Å². The molecule has 0 radical (unpaired) electrons. The summed E-state index contributed by atoms with van der Waals surface area (Å²) < 4.78 is 10.5. The van der Waals surface area contributed by atoms with Crippen molar-refractivity contribution in [2.24, 2.45) is 0 Å². The molecule has 164 valence electrons. The minimum Gasteiger partial charge on any atom is -0.480 e. The third kappa shape index (κ3) is 5.61. The summed E-state index contributed by atoms with van der Waals surface area (Å²) in [7, 11) is 1.54. The van der Waals surface area contributed by atoms with E-state index >= 15 is 0 Å². The molecule has 3 N–H and O–H groups in total. The number of fused-ring (bicyclic) bond motifs is 3. The Morgan fingerprint density at radius 1 is 1.03 bits per heavy atom. The van der Waals surface area contributed by atoms with Crippen LogP contribution in [0.2, 0.25) is 0 Å². The van der Waals surface area contributed by atoms with Crippen molar-refractivity contribution in [3.8, 4) is 11.1 Å². The van der Waals surface area contributed by atoms with Crippen LogP contribution in [-0.4, -0.2) is 56.0 Å². The molecule has 0 aromatic heterocycles. The molecule has 1 aliphatic carbocycles. The van der Waals surface area contributed by atoms with Crippen LogP contribution >= 0.6 is 0 Å². The highest BCUT2D eigenvalue weighted by molar-refractivity contribution is 5.88. The van der Waals surface area contributed by atoms with E-state index in [0.29, 0.717) is 19.4 Å². The van der Waals surface area contributed by atoms with Crippen LogP contribution < -0.4 is 10.6 Å². The van der Waals surface area contributed by atoms with Gasteiger partial charge in [0.05, 0.1) is 0 Å². The zero-order valence-corrected chi connectivity index (χ0v) is 17.3. The number of carboxylic acids is 1. The van der Waals surface area contributed by atoms with Crippen molar-refractivity contribution >= 4 is 18.0 Å². The molecule has 3 rings (SSSR count). The smallest absolute Gasteiger partial charge is 0.407 e. The number of amides is 2. The second kappa shape index (κ2) is 10.6. The molecule has 8 nitrogen and oxygen atoms in total. The van der Waals surface area contributed by atoms with Gasteiger partial charge < -0.3 is 25.2 Å². The van der Waals surface area contributed by atoms with Crippen LogP contribution in [0, 0.1) is 0 Å². The van der Waals surface area contributed by atoms with Gasteiger partial charge in [-0.2, -0.15) is 0 Å².